The van der Waals surface area contributed by atoms with Gasteiger partial charge in [0, 0.05) is 44.0 Å². The molecule has 0 bridgehead atoms. The highest BCUT2D eigenvalue weighted by Gasteiger charge is 2.25. The van der Waals surface area contributed by atoms with E-state index in [2.05, 4.69) is 33.1 Å². The normalized spacial score (nSPS) is 18.9. The molecule has 1 saturated heterocycles. The number of carbonyl (C=O) groups is 1. The smallest absolute Gasteiger partial charge is 0.222 e. The van der Waals surface area contributed by atoms with Crippen molar-refractivity contribution in [2.75, 3.05) is 26.7 Å². The Labute approximate surface area is 130 Å². The van der Waals surface area contributed by atoms with Crippen LogP contribution < -0.4 is 10.6 Å². The van der Waals surface area contributed by atoms with E-state index in [0.717, 1.165) is 38.4 Å². The first-order chi connectivity index (χ1) is 10.2. The first-order valence-electron chi connectivity index (χ1n) is 7.50. The minimum absolute atomic E-state index is 0.236. The van der Waals surface area contributed by atoms with E-state index in [0.29, 0.717) is 12.5 Å². The molecule has 1 atom stereocenters. The largest absolute Gasteiger partial charge is 0.356 e. The minimum Gasteiger partial charge on any atom is -0.356 e. The summed E-state index contributed by atoms with van der Waals surface area (Å²) in [5.74, 6) is 1.06. The van der Waals surface area contributed by atoms with Gasteiger partial charge in [-0.05, 0) is 24.3 Å². The maximum atomic E-state index is 11.7. The molecule has 0 aliphatic carbocycles. The lowest BCUT2D eigenvalue weighted by atomic mass is 10.3. The molecule has 1 aromatic rings. The molecule has 5 nitrogen and oxygen atoms in total. The fourth-order valence-electron chi connectivity index (χ4n) is 2.48. The van der Waals surface area contributed by atoms with E-state index in [4.69, 9.17) is 0 Å². The van der Waals surface area contributed by atoms with Crippen LogP contribution in [0.15, 0.2) is 22.5 Å². The topological polar surface area (TPSA) is 56.7 Å². The summed E-state index contributed by atoms with van der Waals surface area (Å²) in [7, 11) is 1.78. The number of guanidine groups is 1. The van der Waals surface area contributed by atoms with Crippen LogP contribution in [0.1, 0.15) is 24.6 Å². The number of likely N-dealkylation sites (tertiary alicyclic amines) is 1. The van der Waals surface area contributed by atoms with E-state index in [1.807, 2.05) is 11.8 Å². The summed E-state index contributed by atoms with van der Waals surface area (Å²) in [6.45, 7) is 4.40. The molecule has 1 aromatic heterocycles. The number of hydrogen-bond donors (Lipinski definition) is 2. The SMILES string of the molecule is CCC(=O)N1CCC(NC(=NC)NCCc2cccs2)C1. The molecule has 2 heterocycles. The third-order valence-electron chi connectivity index (χ3n) is 3.65. The van der Waals surface area contributed by atoms with E-state index >= 15 is 0 Å². The lowest BCUT2D eigenvalue weighted by Crippen LogP contribution is -2.45. The molecule has 0 radical (unpaired) electrons. The second-order valence-electron chi connectivity index (χ2n) is 5.15. The summed E-state index contributed by atoms with van der Waals surface area (Å²) in [5, 5.41) is 8.84. The van der Waals surface area contributed by atoms with E-state index in [1.165, 1.54) is 4.88 Å². The Morgan fingerprint density at radius 1 is 1.57 bits per heavy atom. The van der Waals surface area contributed by atoms with Gasteiger partial charge >= 0.3 is 0 Å². The highest BCUT2D eigenvalue weighted by atomic mass is 32.1. The molecule has 2 rings (SSSR count). The van der Waals surface area contributed by atoms with Gasteiger partial charge in [0.2, 0.25) is 5.91 Å². The zero-order chi connectivity index (χ0) is 15.1. The molecule has 116 valence electrons. The van der Waals surface area contributed by atoms with Crippen LogP contribution in [0.5, 0.6) is 0 Å². The molecule has 2 N–H and O–H groups in total. The van der Waals surface area contributed by atoms with E-state index in [-0.39, 0.29) is 5.91 Å². The molecular formula is C15H24N4OS. The van der Waals surface area contributed by atoms with Gasteiger partial charge in [0.05, 0.1) is 0 Å². The molecule has 1 amide bonds. The molecule has 1 unspecified atom stereocenters. The van der Waals surface area contributed by atoms with Crippen molar-refractivity contribution in [1.82, 2.24) is 15.5 Å². The van der Waals surface area contributed by atoms with Crippen LogP contribution >= 0.6 is 11.3 Å². The zero-order valence-electron chi connectivity index (χ0n) is 12.8. The van der Waals surface area contributed by atoms with Crippen LogP contribution in [0.25, 0.3) is 0 Å². The summed E-state index contributed by atoms with van der Waals surface area (Å²) in [6, 6.07) is 4.52. The van der Waals surface area contributed by atoms with Crippen molar-refractivity contribution in [3.8, 4) is 0 Å². The number of rotatable bonds is 5. The van der Waals surface area contributed by atoms with Gasteiger partial charge in [0.15, 0.2) is 5.96 Å². The van der Waals surface area contributed by atoms with Crippen LogP contribution in [0.3, 0.4) is 0 Å². The van der Waals surface area contributed by atoms with E-state index in [1.54, 1.807) is 18.4 Å². The van der Waals surface area contributed by atoms with Crippen molar-refractivity contribution in [3.63, 3.8) is 0 Å². The predicted octanol–water partition coefficient (Wildman–Crippen LogP) is 1.47. The highest BCUT2D eigenvalue weighted by Crippen LogP contribution is 2.10. The molecule has 1 aliphatic heterocycles. The standard InChI is InChI=1S/C15H24N4OS/c1-3-14(20)19-9-7-12(11-19)18-15(16-2)17-8-6-13-5-4-10-21-13/h4-5,10,12H,3,6-9,11H2,1-2H3,(H2,16,17,18). The zero-order valence-corrected chi connectivity index (χ0v) is 13.6. The van der Waals surface area contributed by atoms with E-state index < -0.39 is 0 Å². The highest BCUT2D eigenvalue weighted by molar-refractivity contribution is 7.09. The van der Waals surface area contributed by atoms with Gasteiger partial charge in [-0.3, -0.25) is 9.79 Å². The predicted molar refractivity (Wildman–Crippen MR) is 87.8 cm³/mol. The van der Waals surface area contributed by atoms with Gasteiger partial charge < -0.3 is 15.5 Å². The fraction of sp³-hybridized carbons (Fsp3) is 0.600. The summed E-state index contributed by atoms with van der Waals surface area (Å²) >= 11 is 1.78. The average molecular weight is 308 g/mol. The Morgan fingerprint density at radius 2 is 2.43 bits per heavy atom. The third-order valence-corrected chi connectivity index (χ3v) is 4.59. The first kappa shape index (κ1) is 15.8. The van der Waals surface area contributed by atoms with Gasteiger partial charge in [-0.15, -0.1) is 11.3 Å². The summed E-state index contributed by atoms with van der Waals surface area (Å²) in [5.41, 5.74) is 0. The second kappa shape index (κ2) is 8.02. The lowest BCUT2D eigenvalue weighted by Gasteiger charge is -2.18. The number of nitrogens with one attached hydrogen (secondary N) is 2. The average Bonchev–Trinajstić information content (AvgIpc) is 3.16. The molecule has 0 spiro atoms. The van der Waals surface area contributed by atoms with Crippen molar-refractivity contribution in [2.24, 2.45) is 4.99 Å². The van der Waals surface area contributed by atoms with Crippen molar-refractivity contribution in [2.45, 2.75) is 32.2 Å². The second-order valence-corrected chi connectivity index (χ2v) is 6.18. The lowest BCUT2D eigenvalue weighted by molar-refractivity contribution is -0.129. The minimum atomic E-state index is 0.236. The van der Waals surface area contributed by atoms with Crippen LogP contribution in [-0.4, -0.2) is 49.5 Å². The summed E-state index contributed by atoms with van der Waals surface area (Å²) < 4.78 is 0. The molecule has 6 heteroatoms. The van der Waals surface area contributed by atoms with Crippen LogP contribution in [-0.2, 0) is 11.2 Å². The van der Waals surface area contributed by atoms with Crippen molar-refractivity contribution >= 4 is 23.2 Å². The molecule has 0 saturated carbocycles. The number of aliphatic imine (C=N–C) groups is 1. The maximum Gasteiger partial charge on any atom is 0.222 e. The van der Waals surface area contributed by atoms with Crippen molar-refractivity contribution in [3.05, 3.63) is 22.4 Å². The fourth-order valence-corrected chi connectivity index (χ4v) is 3.18. The van der Waals surface area contributed by atoms with Gasteiger partial charge in [-0.2, -0.15) is 0 Å². The summed E-state index contributed by atoms with van der Waals surface area (Å²) in [4.78, 5) is 19.2. The van der Waals surface area contributed by atoms with Crippen molar-refractivity contribution < 1.29 is 4.79 Å². The Kier molecular flexibility index (Phi) is 6.04. The number of thiophene rings is 1. The van der Waals surface area contributed by atoms with Gasteiger partial charge in [-0.25, -0.2) is 0 Å². The number of carbonyl (C=O) groups excluding carboxylic acids is 1. The Hall–Kier alpha value is -1.56. The Balaban J connectivity index is 1.72. The summed E-state index contributed by atoms with van der Waals surface area (Å²) in [6.07, 6.45) is 2.57. The van der Waals surface area contributed by atoms with Crippen molar-refractivity contribution in [1.29, 1.82) is 0 Å². The maximum absolute atomic E-state index is 11.7. The molecule has 21 heavy (non-hydrogen) atoms. The molecule has 1 aliphatic rings. The Bertz CT molecular complexity index is 472. The molecular weight excluding hydrogens is 284 g/mol. The monoisotopic (exact) mass is 308 g/mol. The number of hydrogen-bond acceptors (Lipinski definition) is 3. The Morgan fingerprint density at radius 3 is 3.10 bits per heavy atom. The number of nitrogens with zero attached hydrogens (tertiary/aromatic N) is 2. The molecule has 1 fully saturated rings. The van der Waals surface area contributed by atoms with Gasteiger partial charge in [-0.1, -0.05) is 13.0 Å². The third kappa shape index (κ3) is 4.74. The van der Waals surface area contributed by atoms with E-state index in [9.17, 15) is 4.79 Å². The van der Waals surface area contributed by atoms with Crippen LogP contribution in [0.4, 0.5) is 0 Å². The quantitative estimate of drug-likeness (QED) is 0.640. The van der Waals surface area contributed by atoms with Gasteiger partial charge in [0.25, 0.3) is 0 Å². The van der Waals surface area contributed by atoms with Gasteiger partial charge in [0.1, 0.15) is 0 Å². The number of amides is 1. The first-order valence-corrected chi connectivity index (χ1v) is 8.38. The molecule has 0 aromatic carbocycles. The van der Waals surface area contributed by atoms with Crippen LogP contribution in [0.2, 0.25) is 0 Å². The van der Waals surface area contributed by atoms with Crippen LogP contribution in [0, 0.1) is 0 Å².